The number of benzene rings is 2. The first-order chi connectivity index (χ1) is 16.9. The molecule has 0 saturated heterocycles. The van der Waals surface area contributed by atoms with Gasteiger partial charge in [-0.2, -0.15) is 0 Å². The first-order valence-corrected chi connectivity index (χ1v) is 13.2. The van der Waals surface area contributed by atoms with Crippen LogP contribution in [-0.4, -0.2) is 46.2 Å². The van der Waals surface area contributed by atoms with Crippen molar-refractivity contribution in [1.82, 2.24) is 14.8 Å². The molecule has 184 valence electrons. The minimum absolute atomic E-state index is 0.0482. The molecule has 0 spiro atoms. The van der Waals surface area contributed by atoms with E-state index in [9.17, 15) is 9.59 Å². The molecule has 0 saturated carbocycles. The van der Waals surface area contributed by atoms with Crippen molar-refractivity contribution in [1.29, 1.82) is 0 Å². The molecule has 0 bridgehead atoms. The van der Waals surface area contributed by atoms with Crippen LogP contribution in [0.1, 0.15) is 71.0 Å². The highest BCUT2D eigenvalue weighted by atomic mass is 32.1. The van der Waals surface area contributed by atoms with Crippen molar-refractivity contribution in [2.45, 2.75) is 53.2 Å². The van der Waals surface area contributed by atoms with Gasteiger partial charge in [0.2, 0.25) is 5.91 Å². The van der Waals surface area contributed by atoms with Crippen molar-refractivity contribution >= 4 is 23.2 Å². The lowest BCUT2D eigenvalue weighted by atomic mass is 9.87. The number of carbonyl (C=O) groups excluding carboxylic acids is 2. The van der Waals surface area contributed by atoms with Crippen LogP contribution in [0.15, 0.2) is 47.8 Å². The van der Waals surface area contributed by atoms with Crippen molar-refractivity contribution in [2.75, 3.05) is 19.6 Å². The third-order valence-corrected chi connectivity index (χ3v) is 7.33. The number of ether oxygens (including phenoxy) is 1. The monoisotopic (exact) mass is 491 g/mol. The van der Waals surface area contributed by atoms with Crippen LogP contribution in [0.3, 0.4) is 0 Å². The zero-order valence-corrected chi connectivity index (χ0v) is 21.7. The molecule has 2 heterocycles. The van der Waals surface area contributed by atoms with Gasteiger partial charge in [0.15, 0.2) is 0 Å². The predicted molar refractivity (Wildman–Crippen MR) is 139 cm³/mol. The van der Waals surface area contributed by atoms with Gasteiger partial charge in [-0.3, -0.25) is 9.59 Å². The molecule has 1 aliphatic heterocycles. The average Bonchev–Trinajstić information content (AvgIpc) is 3.36. The Hall–Kier alpha value is -3.19. The first-order valence-electron chi connectivity index (χ1n) is 12.3. The summed E-state index contributed by atoms with van der Waals surface area (Å²) in [5, 5.41) is 2.56. The standard InChI is InChI=1S/C28H33N3O3S/c1-5-26(32)31-14-13-20-11-12-22(16-23(20)27(31)21-10-8-9-19(4)15-21)34-17-25-29-24(18-35-25)28(33)30(6-2)7-3/h8-12,15-16,18,27H,5-7,13-14,17H2,1-4H3. The molecular weight excluding hydrogens is 458 g/mol. The number of aryl methyl sites for hydroxylation is 1. The van der Waals surface area contributed by atoms with E-state index in [0.29, 0.717) is 38.4 Å². The average molecular weight is 492 g/mol. The zero-order valence-electron chi connectivity index (χ0n) is 20.9. The van der Waals surface area contributed by atoms with E-state index in [0.717, 1.165) is 28.3 Å². The van der Waals surface area contributed by atoms with Gasteiger partial charge in [-0.05, 0) is 56.0 Å². The lowest BCUT2D eigenvalue weighted by Gasteiger charge is -2.38. The maximum Gasteiger partial charge on any atom is 0.273 e. The number of thiazole rings is 1. The van der Waals surface area contributed by atoms with Crippen molar-refractivity contribution < 1.29 is 14.3 Å². The topological polar surface area (TPSA) is 62.7 Å². The summed E-state index contributed by atoms with van der Waals surface area (Å²) < 4.78 is 6.11. The van der Waals surface area contributed by atoms with Gasteiger partial charge >= 0.3 is 0 Å². The number of nitrogens with zero attached hydrogens (tertiary/aromatic N) is 3. The Kier molecular flexibility index (Phi) is 7.86. The Labute approximate surface area is 211 Å². The molecule has 0 N–H and O–H groups in total. The summed E-state index contributed by atoms with van der Waals surface area (Å²) in [6.07, 6.45) is 1.30. The van der Waals surface area contributed by atoms with E-state index in [1.54, 1.807) is 10.3 Å². The highest BCUT2D eigenvalue weighted by Gasteiger charge is 2.31. The van der Waals surface area contributed by atoms with Gasteiger partial charge < -0.3 is 14.5 Å². The van der Waals surface area contributed by atoms with Crippen molar-refractivity contribution in [2.24, 2.45) is 0 Å². The van der Waals surface area contributed by atoms with Crippen LogP contribution < -0.4 is 4.74 Å². The largest absolute Gasteiger partial charge is 0.486 e. The van der Waals surface area contributed by atoms with Gasteiger partial charge in [-0.1, -0.05) is 42.8 Å². The first kappa shape index (κ1) is 24.9. The number of hydrogen-bond acceptors (Lipinski definition) is 5. The van der Waals surface area contributed by atoms with Crippen molar-refractivity contribution in [3.05, 3.63) is 80.8 Å². The van der Waals surface area contributed by atoms with E-state index in [1.165, 1.54) is 22.5 Å². The fraction of sp³-hybridized carbons (Fsp3) is 0.393. The maximum atomic E-state index is 12.8. The third-order valence-electron chi connectivity index (χ3n) is 6.51. The highest BCUT2D eigenvalue weighted by Crippen LogP contribution is 2.38. The minimum atomic E-state index is -0.132. The molecule has 1 aliphatic rings. The molecule has 3 aromatic rings. The Morgan fingerprint density at radius 3 is 2.66 bits per heavy atom. The van der Waals surface area contributed by atoms with E-state index in [2.05, 4.69) is 42.2 Å². The number of carbonyl (C=O) groups is 2. The molecule has 4 rings (SSSR count). The molecule has 0 radical (unpaired) electrons. The molecule has 1 unspecified atom stereocenters. The van der Waals surface area contributed by atoms with Crippen molar-refractivity contribution in [3.8, 4) is 5.75 Å². The summed E-state index contributed by atoms with van der Waals surface area (Å²) >= 11 is 1.43. The van der Waals surface area contributed by atoms with Crippen LogP contribution >= 0.6 is 11.3 Å². The third kappa shape index (κ3) is 5.40. The number of amides is 2. The summed E-state index contributed by atoms with van der Waals surface area (Å²) in [5.74, 6) is 0.841. The lowest BCUT2D eigenvalue weighted by molar-refractivity contribution is -0.132. The predicted octanol–water partition coefficient (Wildman–Crippen LogP) is 5.40. The van der Waals surface area contributed by atoms with Gasteiger partial charge in [0.05, 0.1) is 6.04 Å². The smallest absolute Gasteiger partial charge is 0.273 e. The summed E-state index contributed by atoms with van der Waals surface area (Å²) in [6.45, 7) is 10.2. The molecule has 7 heteroatoms. The molecule has 1 atom stereocenters. The summed E-state index contributed by atoms with van der Waals surface area (Å²) in [6, 6.07) is 14.4. The maximum absolute atomic E-state index is 12.8. The van der Waals surface area contributed by atoms with E-state index in [-0.39, 0.29) is 17.9 Å². The van der Waals surface area contributed by atoms with Crippen LogP contribution in [0, 0.1) is 6.92 Å². The number of rotatable bonds is 8. The Balaban J connectivity index is 1.57. The van der Waals surface area contributed by atoms with Gasteiger partial charge in [-0.15, -0.1) is 11.3 Å². The number of aromatic nitrogens is 1. The van der Waals surface area contributed by atoms with Crippen LogP contribution in [0.2, 0.25) is 0 Å². The van der Waals surface area contributed by atoms with Gasteiger partial charge in [-0.25, -0.2) is 4.98 Å². The zero-order chi connectivity index (χ0) is 24.9. The summed E-state index contributed by atoms with van der Waals surface area (Å²) in [7, 11) is 0. The van der Waals surface area contributed by atoms with E-state index in [4.69, 9.17) is 4.74 Å². The molecule has 2 amide bonds. The van der Waals surface area contributed by atoms with E-state index < -0.39 is 0 Å². The fourth-order valence-corrected chi connectivity index (χ4v) is 5.33. The second kappa shape index (κ2) is 11.0. The molecule has 2 aromatic carbocycles. The Bertz CT molecular complexity index is 1200. The van der Waals surface area contributed by atoms with Gasteiger partial charge in [0.25, 0.3) is 5.91 Å². The molecule has 0 aliphatic carbocycles. The fourth-order valence-electron chi connectivity index (χ4n) is 4.65. The minimum Gasteiger partial charge on any atom is -0.486 e. The number of hydrogen-bond donors (Lipinski definition) is 0. The van der Waals surface area contributed by atoms with E-state index in [1.807, 2.05) is 37.8 Å². The number of fused-ring (bicyclic) bond motifs is 1. The van der Waals surface area contributed by atoms with Crippen LogP contribution in [0.25, 0.3) is 0 Å². The molecule has 35 heavy (non-hydrogen) atoms. The highest BCUT2D eigenvalue weighted by molar-refractivity contribution is 7.09. The van der Waals surface area contributed by atoms with Gasteiger partial charge in [0, 0.05) is 31.4 Å². The molecule has 0 fully saturated rings. The quantitative estimate of drug-likeness (QED) is 0.423. The molecule has 6 nitrogen and oxygen atoms in total. The normalized spacial score (nSPS) is 15.0. The second-order valence-corrected chi connectivity index (χ2v) is 9.70. The summed E-state index contributed by atoms with van der Waals surface area (Å²) in [4.78, 5) is 33.7. The second-order valence-electron chi connectivity index (χ2n) is 8.76. The van der Waals surface area contributed by atoms with Crippen LogP contribution in [-0.2, 0) is 17.8 Å². The van der Waals surface area contributed by atoms with Crippen LogP contribution in [0.5, 0.6) is 5.75 Å². The lowest BCUT2D eigenvalue weighted by Crippen LogP contribution is -2.40. The van der Waals surface area contributed by atoms with Crippen LogP contribution in [0.4, 0.5) is 0 Å². The van der Waals surface area contributed by atoms with Gasteiger partial charge in [0.1, 0.15) is 23.1 Å². The Morgan fingerprint density at radius 1 is 1.14 bits per heavy atom. The van der Waals surface area contributed by atoms with E-state index >= 15 is 0 Å². The Morgan fingerprint density at radius 2 is 1.94 bits per heavy atom. The molecule has 1 aromatic heterocycles. The molecular formula is C28H33N3O3S. The SMILES string of the molecule is CCC(=O)N1CCc2ccc(OCc3nc(C(=O)N(CC)CC)cs3)cc2C1c1cccc(C)c1. The summed E-state index contributed by atoms with van der Waals surface area (Å²) in [5.41, 5.74) is 5.10. The van der Waals surface area contributed by atoms with Crippen molar-refractivity contribution in [3.63, 3.8) is 0 Å².